The van der Waals surface area contributed by atoms with Gasteiger partial charge in [0.1, 0.15) is 0 Å². The molecule has 1 aliphatic rings. The van der Waals surface area contributed by atoms with Crippen LogP contribution in [0.3, 0.4) is 0 Å². The molecule has 2 heterocycles. The first kappa shape index (κ1) is 12.0. The Kier molecular flexibility index (Phi) is 3.92. The first-order valence-corrected chi connectivity index (χ1v) is 7.60. The van der Waals surface area contributed by atoms with E-state index in [-0.39, 0.29) is 5.41 Å². The van der Waals surface area contributed by atoms with Gasteiger partial charge in [0.2, 0.25) is 0 Å². The highest BCUT2D eigenvalue weighted by Gasteiger charge is 2.35. The van der Waals surface area contributed by atoms with Gasteiger partial charge < -0.3 is 5.11 Å². The molecule has 0 bridgehead atoms. The minimum Gasteiger partial charge on any atom is -0.481 e. The number of hydrogen-bond acceptors (Lipinski definition) is 3. The highest BCUT2D eigenvalue weighted by molar-refractivity contribution is 7.99. The van der Waals surface area contributed by atoms with Crippen molar-refractivity contribution in [1.82, 2.24) is 0 Å². The monoisotopic (exact) mass is 256 g/mol. The Labute approximate surface area is 104 Å². The summed E-state index contributed by atoms with van der Waals surface area (Å²) in [4.78, 5) is 12.1. The largest absolute Gasteiger partial charge is 0.481 e. The van der Waals surface area contributed by atoms with E-state index in [1.165, 1.54) is 4.88 Å². The average Bonchev–Trinajstić information content (AvgIpc) is 2.82. The van der Waals surface area contributed by atoms with Crippen LogP contribution in [0.15, 0.2) is 17.5 Å². The zero-order valence-corrected chi connectivity index (χ0v) is 10.8. The van der Waals surface area contributed by atoms with Gasteiger partial charge in [-0.05, 0) is 42.2 Å². The van der Waals surface area contributed by atoms with Gasteiger partial charge in [-0.1, -0.05) is 6.07 Å². The zero-order chi connectivity index (χ0) is 11.4. The lowest BCUT2D eigenvalue weighted by Gasteiger charge is -2.36. The van der Waals surface area contributed by atoms with Gasteiger partial charge in [-0.25, -0.2) is 0 Å². The highest BCUT2D eigenvalue weighted by Crippen LogP contribution is 2.43. The molecule has 1 fully saturated rings. The van der Waals surface area contributed by atoms with Gasteiger partial charge in [0, 0.05) is 16.7 Å². The predicted molar refractivity (Wildman–Crippen MR) is 69.4 cm³/mol. The Bertz CT molecular complexity index is 340. The average molecular weight is 256 g/mol. The van der Waals surface area contributed by atoms with E-state index in [1.807, 2.05) is 11.8 Å². The summed E-state index contributed by atoms with van der Waals surface area (Å²) in [6, 6.07) is 4.24. The van der Waals surface area contributed by atoms with Crippen molar-refractivity contribution in [3.05, 3.63) is 22.4 Å². The Morgan fingerprint density at radius 2 is 2.19 bits per heavy atom. The fourth-order valence-electron chi connectivity index (χ4n) is 2.31. The Balaban J connectivity index is 2.15. The van der Waals surface area contributed by atoms with Crippen LogP contribution in [0.1, 0.15) is 30.6 Å². The fraction of sp³-hybridized carbons (Fsp3) is 0.583. The van der Waals surface area contributed by atoms with E-state index < -0.39 is 5.97 Å². The van der Waals surface area contributed by atoms with Gasteiger partial charge in [-0.15, -0.1) is 11.3 Å². The molecule has 0 aromatic carbocycles. The number of aliphatic carboxylic acids is 1. The molecule has 1 aromatic rings. The molecule has 0 atom stereocenters. The van der Waals surface area contributed by atoms with Crippen molar-refractivity contribution in [2.75, 3.05) is 11.5 Å². The molecular weight excluding hydrogens is 240 g/mol. The normalized spacial score (nSPS) is 19.5. The van der Waals surface area contributed by atoms with Crippen molar-refractivity contribution in [2.24, 2.45) is 0 Å². The summed E-state index contributed by atoms with van der Waals surface area (Å²) in [6.07, 6.45) is 3.35. The third-order valence-corrected chi connectivity index (χ3v) is 5.41. The predicted octanol–water partition coefficient (Wildman–Crippen LogP) is 3.38. The van der Waals surface area contributed by atoms with Gasteiger partial charge in [0.15, 0.2) is 0 Å². The van der Waals surface area contributed by atoms with E-state index in [0.717, 1.165) is 30.8 Å². The van der Waals surface area contributed by atoms with Crippen molar-refractivity contribution < 1.29 is 9.90 Å². The number of carboxylic acid groups (broad SMARTS) is 1. The fourth-order valence-corrected chi connectivity index (χ4v) is 4.60. The minimum absolute atomic E-state index is 0.151. The molecule has 16 heavy (non-hydrogen) atoms. The second kappa shape index (κ2) is 5.23. The summed E-state index contributed by atoms with van der Waals surface area (Å²) in [5.41, 5.74) is 0.151. The number of rotatable bonds is 4. The minimum atomic E-state index is -0.672. The molecule has 0 amide bonds. The zero-order valence-electron chi connectivity index (χ0n) is 9.15. The lowest BCUT2D eigenvalue weighted by atomic mass is 9.76. The van der Waals surface area contributed by atoms with Gasteiger partial charge in [-0.3, -0.25) is 4.79 Å². The van der Waals surface area contributed by atoms with Crippen LogP contribution in [0.25, 0.3) is 0 Å². The van der Waals surface area contributed by atoms with E-state index in [1.54, 1.807) is 11.3 Å². The maximum Gasteiger partial charge on any atom is 0.303 e. The lowest BCUT2D eigenvalue weighted by molar-refractivity contribution is -0.137. The summed E-state index contributed by atoms with van der Waals surface area (Å²) >= 11 is 3.76. The van der Waals surface area contributed by atoms with Gasteiger partial charge in [0.05, 0.1) is 0 Å². The second-order valence-electron chi connectivity index (χ2n) is 4.26. The van der Waals surface area contributed by atoms with Crippen molar-refractivity contribution in [2.45, 2.75) is 31.1 Å². The molecule has 0 saturated carbocycles. The van der Waals surface area contributed by atoms with Crippen molar-refractivity contribution >= 4 is 29.1 Å². The van der Waals surface area contributed by atoms with Crippen LogP contribution >= 0.6 is 23.1 Å². The van der Waals surface area contributed by atoms with E-state index >= 15 is 0 Å². The highest BCUT2D eigenvalue weighted by atomic mass is 32.2. The number of carbonyl (C=O) groups is 1. The Morgan fingerprint density at radius 3 is 2.75 bits per heavy atom. The topological polar surface area (TPSA) is 37.3 Å². The van der Waals surface area contributed by atoms with Crippen LogP contribution in [0, 0.1) is 0 Å². The van der Waals surface area contributed by atoms with Gasteiger partial charge in [0.25, 0.3) is 0 Å². The molecule has 1 saturated heterocycles. The molecule has 1 aromatic heterocycles. The summed E-state index contributed by atoms with van der Waals surface area (Å²) in [5, 5.41) is 11.0. The molecule has 1 aliphatic heterocycles. The number of thioether (sulfide) groups is 1. The lowest BCUT2D eigenvalue weighted by Crippen LogP contribution is -2.30. The maximum absolute atomic E-state index is 10.8. The number of carboxylic acids is 1. The first-order chi connectivity index (χ1) is 7.73. The molecule has 0 aliphatic carbocycles. The molecule has 0 radical (unpaired) electrons. The summed E-state index contributed by atoms with van der Waals surface area (Å²) < 4.78 is 0. The third-order valence-electron chi connectivity index (χ3n) is 3.31. The Morgan fingerprint density at radius 1 is 1.44 bits per heavy atom. The van der Waals surface area contributed by atoms with Crippen molar-refractivity contribution in [1.29, 1.82) is 0 Å². The molecule has 2 rings (SSSR count). The summed E-state index contributed by atoms with van der Waals surface area (Å²) in [6.45, 7) is 0. The molecule has 1 N–H and O–H groups in total. The van der Waals surface area contributed by atoms with Crippen molar-refractivity contribution in [3.63, 3.8) is 0 Å². The standard InChI is InChI=1S/C12H16O2S2/c13-11(14)3-4-12(5-8-15-9-6-12)10-2-1-7-16-10/h1-2,7H,3-6,8-9H2,(H,13,14). The second-order valence-corrected chi connectivity index (χ2v) is 6.44. The SMILES string of the molecule is O=C(O)CCC1(c2cccs2)CCSCC1. The number of thiophene rings is 1. The number of hydrogen-bond donors (Lipinski definition) is 1. The first-order valence-electron chi connectivity index (χ1n) is 5.56. The summed E-state index contributed by atoms with van der Waals surface area (Å²) in [5.74, 6) is 1.66. The molecule has 88 valence electrons. The van der Waals surface area contributed by atoms with Gasteiger partial charge in [-0.2, -0.15) is 11.8 Å². The van der Waals surface area contributed by atoms with Crippen LogP contribution in [0.4, 0.5) is 0 Å². The smallest absolute Gasteiger partial charge is 0.303 e. The molecule has 0 unspecified atom stereocenters. The van der Waals surface area contributed by atoms with Crippen LogP contribution in [-0.4, -0.2) is 22.6 Å². The van der Waals surface area contributed by atoms with Crippen molar-refractivity contribution in [3.8, 4) is 0 Å². The third kappa shape index (κ3) is 2.61. The van der Waals surface area contributed by atoms with Crippen LogP contribution < -0.4 is 0 Å². The molecule has 2 nitrogen and oxygen atoms in total. The van der Waals surface area contributed by atoms with Gasteiger partial charge >= 0.3 is 5.97 Å². The van der Waals surface area contributed by atoms with E-state index in [0.29, 0.717) is 6.42 Å². The molecule has 0 spiro atoms. The van der Waals surface area contributed by atoms with Crippen LogP contribution in [0.5, 0.6) is 0 Å². The Hall–Kier alpha value is -0.480. The summed E-state index contributed by atoms with van der Waals surface area (Å²) in [7, 11) is 0. The van der Waals surface area contributed by atoms with E-state index in [4.69, 9.17) is 5.11 Å². The molecule has 4 heteroatoms. The quantitative estimate of drug-likeness (QED) is 0.897. The van der Waals surface area contributed by atoms with E-state index in [2.05, 4.69) is 17.5 Å². The maximum atomic E-state index is 10.8. The van der Waals surface area contributed by atoms with Crippen LogP contribution in [-0.2, 0) is 10.2 Å². The van der Waals surface area contributed by atoms with Crippen LogP contribution in [0.2, 0.25) is 0 Å². The van der Waals surface area contributed by atoms with E-state index in [9.17, 15) is 4.79 Å². The molecular formula is C12H16O2S2.